The lowest BCUT2D eigenvalue weighted by Gasteiger charge is -2.31. The maximum atomic E-state index is 12.4. The molecule has 4 fully saturated rings. The van der Waals surface area contributed by atoms with Crippen molar-refractivity contribution in [2.75, 3.05) is 0 Å². The van der Waals surface area contributed by atoms with Crippen LogP contribution in [0.3, 0.4) is 0 Å². The molecular formula is C28H44N2O5. The molecule has 1 N–H and O–H groups in total. The Kier molecular flexibility index (Phi) is 10.1. The summed E-state index contributed by atoms with van der Waals surface area (Å²) in [7, 11) is 0. The van der Waals surface area contributed by atoms with Crippen LogP contribution in [0.2, 0.25) is 0 Å². The number of isocyanates is 1. The number of hydrogen-bond donors (Lipinski definition) is 1. The highest BCUT2D eigenvalue weighted by molar-refractivity contribution is 5.91. The summed E-state index contributed by atoms with van der Waals surface area (Å²) in [5.41, 5.74) is -0.524. The molecule has 0 saturated heterocycles. The molecule has 0 aromatic carbocycles. The number of carbonyl (C=O) groups excluding carboxylic acids is 4. The average Bonchev–Trinajstić information content (AvgIpc) is 3.73. The van der Waals surface area contributed by atoms with E-state index >= 15 is 0 Å². The van der Waals surface area contributed by atoms with Gasteiger partial charge in [-0.05, 0) is 84.0 Å². The fourth-order valence-corrected chi connectivity index (χ4v) is 5.46. The monoisotopic (exact) mass is 488 g/mol. The largest absolute Gasteiger partial charge is 0.444 e. The number of ketones is 2. The van der Waals surface area contributed by atoms with Crippen molar-refractivity contribution in [1.29, 1.82) is 0 Å². The Labute approximate surface area is 210 Å². The molecule has 4 aliphatic carbocycles. The molecule has 0 aromatic heterocycles. The molecule has 0 radical (unpaired) electrons. The predicted octanol–water partition coefficient (Wildman–Crippen LogP) is 5.69. The van der Waals surface area contributed by atoms with Crippen LogP contribution in [0, 0.1) is 23.7 Å². The molecule has 0 heterocycles. The minimum absolute atomic E-state index is 0.178. The maximum Gasteiger partial charge on any atom is 0.408 e. The lowest BCUT2D eigenvalue weighted by atomic mass is 9.81. The van der Waals surface area contributed by atoms with Gasteiger partial charge in [-0.3, -0.25) is 9.59 Å². The van der Waals surface area contributed by atoms with E-state index in [1.165, 1.54) is 25.7 Å². The quantitative estimate of drug-likeness (QED) is 0.349. The second-order valence-electron chi connectivity index (χ2n) is 11.9. The smallest absolute Gasteiger partial charge is 0.408 e. The zero-order chi connectivity index (χ0) is 25.4. The van der Waals surface area contributed by atoms with Crippen LogP contribution >= 0.6 is 0 Å². The second-order valence-corrected chi connectivity index (χ2v) is 11.9. The van der Waals surface area contributed by atoms with E-state index in [0.29, 0.717) is 11.8 Å². The maximum absolute atomic E-state index is 12.4. The SMILES string of the molecule is CC(C)(C)OC(=O)N[C@H](C(=O)C1CC1)C1CCCCC1.O=C=N[C@H](C(=O)C1CC1)C1CCCCC1. The molecule has 4 aliphatic rings. The number of nitrogens with zero attached hydrogens (tertiary/aromatic N) is 1. The molecule has 196 valence electrons. The van der Waals surface area contributed by atoms with Gasteiger partial charge in [-0.25, -0.2) is 9.59 Å². The molecule has 0 unspecified atom stereocenters. The van der Waals surface area contributed by atoms with Crippen molar-refractivity contribution in [3.63, 3.8) is 0 Å². The third-order valence-electron chi connectivity index (χ3n) is 7.64. The van der Waals surface area contributed by atoms with Crippen LogP contribution in [0.15, 0.2) is 4.99 Å². The van der Waals surface area contributed by atoms with Gasteiger partial charge in [-0.15, -0.1) is 0 Å². The number of ether oxygens (including phenoxy) is 1. The second kappa shape index (κ2) is 12.8. The standard InChI is InChI=1S/C16H27NO3.C12H17NO2/c1-16(2,3)20-15(19)17-13(14(18)12-9-10-12)11-7-5-4-6-8-11;14-8-13-11(12(15)10-6-7-10)9-4-2-1-3-5-9/h11-13H,4-10H2,1-3H3,(H,17,19);9-11H,1-7H2/t13-;11-/m00/s1. The van der Waals surface area contributed by atoms with Gasteiger partial charge in [0, 0.05) is 11.8 Å². The highest BCUT2D eigenvalue weighted by Crippen LogP contribution is 2.37. The third-order valence-corrected chi connectivity index (χ3v) is 7.64. The molecule has 1 amide bonds. The molecule has 4 rings (SSSR count). The van der Waals surface area contributed by atoms with Crippen LogP contribution in [0.1, 0.15) is 111 Å². The average molecular weight is 489 g/mol. The van der Waals surface area contributed by atoms with Gasteiger partial charge in [0.2, 0.25) is 6.08 Å². The predicted molar refractivity (Wildman–Crippen MR) is 134 cm³/mol. The molecule has 7 heteroatoms. The summed E-state index contributed by atoms with van der Waals surface area (Å²) in [5, 5.41) is 2.85. The number of alkyl carbamates (subject to hydrolysis) is 1. The van der Waals surface area contributed by atoms with Gasteiger partial charge in [0.25, 0.3) is 0 Å². The molecule has 0 aliphatic heterocycles. The van der Waals surface area contributed by atoms with Gasteiger partial charge in [0.05, 0.1) is 6.04 Å². The van der Waals surface area contributed by atoms with Gasteiger partial charge in [0.15, 0.2) is 11.6 Å². The van der Waals surface area contributed by atoms with Crippen LogP contribution in [-0.4, -0.2) is 41.4 Å². The highest BCUT2D eigenvalue weighted by atomic mass is 16.6. The number of carbonyl (C=O) groups is 3. The summed E-state index contributed by atoms with van der Waals surface area (Å²) >= 11 is 0. The summed E-state index contributed by atoms with van der Waals surface area (Å²) in [4.78, 5) is 50.4. The topological polar surface area (TPSA) is 102 Å². The van der Waals surface area contributed by atoms with Gasteiger partial charge in [-0.1, -0.05) is 38.5 Å². The number of nitrogens with one attached hydrogen (secondary N) is 1. The summed E-state index contributed by atoms with van der Waals surface area (Å²) < 4.78 is 5.31. The number of rotatable bonds is 8. The number of amides is 1. The van der Waals surface area contributed by atoms with Crippen LogP contribution in [0.25, 0.3) is 0 Å². The lowest BCUT2D eigenvalue weighted by molar-refractivity contribution is -0.124. The zero-order valence-corrected chi connectivity index (χ0v) is 21.9. The first-order chi connectivity index (χ1) is 16.7. The number of Topliss-reactive ketones (excluding diaryl/α,β-unsaturated/α-hetero) is 2. The molecule has 0 aromatic rings. The normalized spacial score (nSPS) is 23.1. The van der Waals surface area contributed by atoms with Crippen LogP contribution in [0.4, 0.5) is 4.79 Å². The van der Waals surface area contributed by atoms with Crippen LogP contribution in [-0.2, 0) is 19.1 Å². The van der Waals surface area contributed by atoms with Gasteiger partial charge in [0.1, 0.15) is 11.6 Å². The van der Waals surface area contributed by atoms with E-state index in [1.54, 1.807) is 6.08 Å². The number of hydrogen-bond acceptors (Lipinski definition) is 6. The van der Waals surface area contributed by atoms with Crippen molar-refractivity contribution in [3.05, 3.63) is 0 Å². The van der Waals surface area contributed by atoms with E-state index in [9.17, 15) is 19.2 Å². The third kappa shape index (κ3) is 9.18. The van der Waals surface area contributed by atoms with Crippen molar-refractivity contribution in [1.82, 2.24) is 5.32 Å². The Bertz CT molecular complexity index is 778. The van der Waals surface area contributed by atoms with E-state index in [0.717, 1.165) is 64.2 Å². The first kappa shape index (κ1) is 27.6. The Morgan fingerprint density at radius 1 is 0.771 bits per heavy atom. The first-order valence-corrected chi connectivity index (χ1v) is 13.8. The van der Waals surface area contributed by atoms with E-state index < -0.39 is 11.7 Å². The Morgan fingerprint density at radius 2 is 1.26 bits per heavy atom. The van der Waals surface area contributed by atoms with Crippen molar-refractivity contribution in [3.8, 4) is 0 Å². The van der Waals surface area contributed by atoms with E-state index in [4.69, 9.17) is 4.74 Å². The van der Waals surface area contributed by atoms with Crippen molar-refractivity contribution < 1.29 is 23.9 Å². The van der Waals surface area contributed by atoms with Gasteiger partial charge in [-0.2, -0.15) is 4.99 Å². The molecule has 2 atom stereocenters. The van der Waals surface area contributed by atoms with Gasteiger partial charge >= 0.3 is 6.09 Å². The Morgan fingerprint density at radius 3 is 1.71 bits per heavy atom. The molecule has 35 heavy (non-hydrogen) atoms. The summed E-state index contributed by atoms with van der Waals surface area (Å²) in [6, 6.07) is -0.701. The summed E-state index contributed by atoms with van der Waals surface area (Å²) in [6.07, 6.45) is 16.4. The molecular weight excluding hydrogens is 444 g/mol. The van der Waals surface area contributed by atoms with Crippen LogP contribution in [0.5, 0.6) is 0 Å². The van der Waals surface area contributed by atoms with Crippen molar-refractivity contribution in [2.24, 2.45) is 28.7 Å². The van der Waals surface area contributed by atoms with E-state index in [2.05, 4.69) is 10.3 Å². The fourth-order valence-electron chi connectivity index (χ4n) is 5.46. The molecule has 0 spiro atoms. The summed E-state index contributed by atoms with van der Waals surface area (Å²) in [5.74, 6) is 1.41. The van der Waals surface area contributed by atoms with Gasteiger partial charge < -0.3 is 10.1 Å². The van der Waals surface area contributed by atoms with E-state index in [-0.39, 0.29) is 35.5 Å². The fraction of sp³-hybridized carbons (Fsp3) is 0.857. The number of aliphatic imine (C=N–C) groups is 1. The first-order valence-electron chi connectivity index (χ1n) is 13.8. The highest BCUT2D eigenvalue weighted by Gasteiger charge is 2.40. The van der Waals surface area contributed by atoms with E-state index in [1.807, 2.05) is 20.8 Å². The zero-order valence-electron chi connectivity index (χ0n) is 21.9. The molecule has 7 nitrogen and oxygen atoms in total. The van der Waals surface area contributed by atoms with Crippen molar-refractivity contribution >= 4 is 23.7 Å². The molecule has 4 saturated carbocycles. The minimum Gasteiger partial charge on any atom is -0.444 e. The molecule has 0 bridgehead atoms. The lowest BCUT2D eigenvalue weighted by Crippen LogP contribution is -2.48. The Hall–Kier alpha value is -2.01. The Balaban J connectivity index is 0.000000203. The minimum atomic E-state index is -0.524. The van der Waals surface area contributed by atoms with Crippen LogP contribution < -0.4 is 5.32 Å². The van der Waals surface area contributed by atoms with Crippen molar-refractivity contribution in [2.45, 2.75) is 128 Å². The summed E-state index contributed by atoms with van der Waals surface area (Å²) in [6.45, 7) is 5.51.